The highest BCUT2D eigenvalue weighted by atomic mass is 16.1. The second-order valence-electron chi connectivity index (χ2n) is 11.9. The molecule has 3 atom stereocenters. The van der Waals surface area contributed by atoms with E-state index in [1.165, 1.54) is 0 Å². The van der Waals surface area contributed by atoms with Crippen molar-refractivity contribution in [2.45, 2.75) is 70.1 Å². The number of pyridine rings is 1. The summed E-state index contributed by atoms with van der Waals surface area (Å²) in [6.45, 7) is 10.4. The molecule has 8 heteroatoms. The van der Waals surface area contributed by atoms with E-state index in [4.69, 9.17) is 9.97 Å². The van der Waals surface area contributed by atoms with Gasteiger partial charge in [-0.2, -0.15) is 0 Å². The Morgan fingerprint density at radius 3 is 2.44 bits per heavy atom. The zero-order valence-corrected chi connectivity index (χ0v) is 24.5. The number of anilines is 1. The van der Waals surface area contributed by atoms with Crippen LogP contribution in [0.15, 0.2) is 47.4 Å². The van der Waals surface area contributed by atoms with Gasteiger partial charge in [-0.05, 0) is 77.5 Å². The van der Waals surface area contributed by atoms with Gasteiger partial charge in [0.1, 0.15) is 5.82 Å². The van der Waals surface area contributed by atoms with E-state index < -0.39 is 0 Å². The Morgan fingerprint density at radius 2 is 1.82 bits per heavy atom. The molecule has 2 aliphatic rings. The molecule has 2 aliphatic heterocycles. The lowest BCUT2D eigenvalue weighted by Crippen LogP contribution is -2.55. The molecule has 8 nitrogen and oxygen atoms in total. The zero-order chi connectivity index (χ0) is 27.7. The topological polar surface area (TPSA) is 69.5 Å². The molecule has 0 radical (unpaired) electrons. The number of nitrogens with zero attached hydrogens (tertiary/aromatic N) is 6. The smallest absolute Gasteiger partial charge is 0.261 e. The molecular weight excluding hydrogens is 486 g/mol. The van der Waals surface area contributed by atoms with E-state index in [9.17, 15) is 4.79 Å². The lowest BCUT2D eigenvalue weighted by atomic mass is 9.82. The molecule has 1 N–H and O–H groups in total. The molecule has 0 bridgehead atoms. The standard InChI is InChI=1S/C31H45N7O/c1-7-10-27(38-20-22(2)33-23(3)21-38)29-34-26-13-12-24(19-25(26)30(39)36(29)6)37-17-14-31(15-18-37,35(4)5)28-11-8-9-16-32-28/h8-9,11-13,16,19,22-23,27,33H,7,10,14-15,17-18,20-21H2,1-6H3/t22-,23+,27?. The summed E-state index contributed by atoms with van der Waals surface area (Å²) in [7, 11) is 6.20. The van der Waals surface area contributed by atoms with Crippen LogP contribution in [0.3, 0.4) is 0 Å². The molecular formula is C31H45N7O. The minimum Gasteiger partial charge on any atom is -0.371 e. The highest BCUT2D eigenvalue weighted by Gasteiger charge is 2.39. The fourth-order valence-electron chi connectivity index (χ4n) is 6.85. The van der Waals surface area contributed by atoms with Crippen LogP contribution in [0, 0.1) is 0 Å². The van der Waals surface area contributed by atoms with Crippen LogP contribution in [-0.4, -0.2) is 76.7 Å². The van der Waals surface area contributed by atoms with Crippen molar-refractivity contribution < 1.29 is 0 Å². The highest BCUT2D eigenvalue weighted by molar-refractivity contribution is 5.82. The van der Waals surface area contributed by atoms with Crippen LogP contribution in [0.25, 0.3) is 10.9 Å². The van der Waals surface area contributed by atoms with Crippen LogP contribution in [0.5, 0.6) is 0 Å². The molecule has 210 valence electrons. The average molecular weight is 532 g/mol. The molecule has 5 rings (SSSR count). The molecule has 39 heavy (non-hydrogen) atoms. The van der Waals surface area contributed by atoms with Gasteiger partial charge >= 0.3 is 0 Å². The maximum Gasteiger partial charge on any atom is 0.261 e. The molecule has 2 saturated heterocycles. The Morgan fingerprint density at radius 1 is 1.10 bits per heavy atom. The van der Waals surface area contributed by atoms with Gasteiger partial charge in [-0.15, -0.1) is 0 Å². The minimum absolute atomic E-state index is 0.0438. The van der Waals surface area contributed by atoms with E-state index in [2.05, 4.69) is 79.1 Å². The van der Waals surface area contributed by atoms with Crippen molar-refractivity contribution in [1.29, 1.82) is 0 Å². The van der Waals surface area contributed by atoms with Crippen LogP contribution in [0.4, 0.5) is 5.69 Å². The maximum absolute atomic E-state index is 13.7. The van der Waals surface area contributed by atoms with Crippen LogP contribution in [0.1, 0.15) is 64.0 Å². The molecule has 0 saturated carbocycles. The number of hydrogen-bond donors (Lipinski definition) is 1. The van der Waals surface area contributed by atoms with Gasteiger partial charge in [0.05, 0.1) is 28.2 Å². The van der Waals surface area contributed by atoms with Crippen molar-refractivity contribution in [3.63, 3.8) is 0 Å². The third-order valence-corrected chi connectivity index (χ3v) is 8.93. The van der Waals surface area contributed by atoms with E-state index in [0.29, 0.717) is 17.5 Å². The van der Waals surface area contributed by atoms with E-state index in [1.54, 1.807) is 4.57 Å². The van der Waals surface area contributed by atoms with Gasteiger partial charge in [0.2, 0.25) is 0 Å². The predicted octanol–water partition coefficient (Wildman–Crippen LogP) is 3.91. The number of nitrogens with one attached hydrogen (secondary N) is 1. The third kappa shape index (κ3) is 5.34. The summed E-state index contributed by atoms with van der Waals surface area (Å²) < 4.78 is 1.80. The average Bonchev–Trinajstić information content (AvgIpc) is 2.93. The summed E-state index contributed by atoms with van der Waals surface area (Å²) in [6, 6.07) is 13.4. The van der Waals surface area contributed by atoms with Crippen molar-refractivity contribution in [3.8, 4) is 0 Å². The predicted molar refractivity (Wildman–Crippen MR) is 159 cm³/mol. The Bertz CT molecular complexity index is 1320. The van der Waals surface area contributed by atoms with Crippen LogP contribution >= 0.6 is 0 Å². The number of rotatable bonds is 7. The summed E-state index contributed by atoms with van der Waals surface area (Å²) in [6.07, 6.45) is 5.88. The van der Waals surface area contributed by atoms with Gasteiger partial charge < -0.3 is 10.2 Å². The Kier molecular flexibility index (Phi) is 8.08. The molecule has 3 aromatic rings. The van der Waals surface area contributed by atoms with E-state index in [-0.39, 0.29) is 17.1 Å². The quantitative estimate of drug-likeness (QED) is 0.496. The molecule has 0 amide bonds. The number of fused-ring (bicyclic) bond motifs is 1. The number of piperidine rings is 1. The van der Waals surface area contributed by atoms with Gasteiger partial charge in [0.25, 0.3) is 5.56 Å². The summed E-state index contributed by atoms with van der Waals surface area (Å²) >= 11 is 0. The van der Waals surface area contributed by atoms with Crippen LogP contribution in [-0.2, 0) is 12.6 Å². The van der Waals surface area contributed by atoms with Gasteiger partial charge in [-0.25, -0.2) is 4.98 Å². The van der Waals surface area contributed by atoms with Crippen molar-refractivity contribution >= 4 is 16.6 Å². The maximum atomic E-state index is 13.7. The first kappa shape index (κ1) is 27.7. The summed E-state index contributed by atoms with van der Waals surface area (Å²) in [4.78, 5) is 30.8. The second-order valence-corrected chi connectivity index (χ2v) is 11.9. The zero-order valence-electron chi connectivity index (χ0n) is 24.5. The van der Waals surface area contributed by atoms with Crippen LogP contribution in [0.2, 0.25) is 0 Å². The first-order valence-electron chi connectivity index (χ1n) is 14.6. The molecule has 2 fully saturated rings. The van der Waals surface area contributed by atoms with E-state index in [0.717, 1.165) is 74.6 Å². The monoisotopic (exact) mass is 531 g/mol. The number of piperazine rings is 1. The molecule has 0 aliphatic carbocycles. The lowest BCUT2D eigenvalue weighted by molar-refractivity contribution is 0.109. The largest absolute Gasteiger partial charge is 0.371 e. The van der Waals surface area contributed by atoms with Crippen molar-refractivity contribution in [2.24, 2.45) is 7.05 Å². The molecule has 0 spiro atoms. The summed E-state index contributed by atoms with van der Waals surface area (Å²) in [5.41, 5.74) is 2.99. The van der Waals surface area contributed by atoms with Crippen molar-refractivity contribution in [1.82, 2.24) is 29.7 Å². The molecule has 1 unspecified atom stereocenters. The second kappa shape index (κ2) is 11.4. The van der Waals surface area contributed by atoms with Gasteiger partial charge in [-0.1, -0.05) is 19.4 Å². The first-order chi connectivity index (χ1) is 18.7. The lowest BCUT2D eigenvalue weighted by Gasteiger charge is -2.46. The number of hydrogen-bond acceptors (Lipinski definition) is 7. The summed E-state index contributed by atoms with van der Waals surface area (Å²) in [5.74, 6) is 0.882. The molecule has 2 aromatic heterocycles. The van der Waals surface area contributed by atoms with Crippen molar-refractivity contribution in [2.75, 3.05) is 45.2 Å². The third-order valence-electron chi connectivity index (χ3n) is 8.93. The minimum atomic E-state index is -0.0749. The first-order valence-corrected chi connectivity index (χ1v) is 14.6. The Hall–Kier alpha value is -2.81. The van der Waals surface area contributed by atoms with Gasteiger partial charge in [-0.3, -0.25) is 24.1 Å². The van der Waals surface area contributed by atoms with E-state index in [1.807, 2.05) is 25.4 Å². The number of aromatic nitrogens is 3. The van der Waals surface area contributed by atoms with E-state index >= 15 is 0 Å². The molecule has 1 aromatic carbocycles. The fourth-order valence-corrected chi connectivity index (χ4v) is 6.85. The SMILES string of the molecule is CCCC(c1nc2ccc(N3CCC(c4ccccn4)(N(C)C)CC3)cc2c(=O)n1C)N1C[C@@H](C)N[C@@H](C)C1. The Balaban J connectivity index is 1.43. The van der Waals surface area contributed by atoms with Crippen LogP contribution < -0.4 is 15.8 Å². The summed E-state index contributed by atoms with van der Waals surface area (Å²) in [5, 5.41) is 4.33. The highest BCUT2D eigenvalue weighted by Crippen LogP contribution is 2.38. The van der Waals surface area contributed by atoms with Crippen molar-refractivity contribution in [3.05, 3.63) is 64.5 Å². The fraction of sp³-hybridized carbons (Fsp3) is 0.581. The number of benzene rings is 1. The van der Waals surface area contributed by atoms with Gasteiger partial charge in [0.15, 0.2) is 0 Å². The van der Waals surface area contributed by atoms with Gasteiger partial charge in [0, 0.05) is 57.2 Å². The Labute approximate surface area is 233 Å². The molecule has 4 heterocycles. The normalized spacial score (nSPS) is 22.9.